The number of benzene rings is 4. The number of non-ortho nitro benzene ring substituents is 2. The van der Waals surface area contributed by atoms with Gasteiger partial charge in [0.25, 0.3) is 22.5 Å². The van der Waals surface area contributed by atoms with E-state index in [-0.39, 0.29) is 102 Å². The summed E-state index contributed by atoms with van der Waals surface area (Å²) in [5.74, 6) is -1.20. The standard InChI is InChI=1S/2C16H14N6O6S.Cr.Na/c2*1-9-15(19-18-13-6-5-12(8-14(13)23)29(17,27)28)16(24)21(20-9)10-3-2-4-11(7-10)22(25)26;;/h2*2-8,20,23H,1H3,(H2,17,27,28);;/q;;;+1. The maximum absolute atomic E-state index is 12.6. The van der Waals surface area contributed by atoms with Gasteiger partial charge in [-0.3, -0.25) is 40.0 Å². The van der Waals surface area contributed by atoms with E-state index >= 15 is 0 Å². The fourth-order valence-electron chi connectivity index (χ4n) is 4.91. The van der Waals surface area contributed by atoms with Gasteiger partial charge in [0.2, 0.25) is 10.0 Å². The molecule has 306 valence electrons. The number of nitro benzene ring substituents is 2. The van der Waals surface area contributed by atoms with Crippen molar-refractivity contribution < 1.29 is 89.0 Å². The number of aryl methyl sites for hydroxylation is 2. The van der Waals surface area contributed by atoms with E-state index in [0.717, 1.165) is 33.6 Å². The van der Waals surface area contributed by atoms with E-state index in [4.69, 9.17) is 5.14 Å². The number of phenolic OH excluding ortho intramolecular Hbond substituents is 1. The first-order valence-corrected chi connectivity index (χ1v) is 19.1. The minimum absolute atomic E-state index is 0. The van der Waals surface area contributed by atoms with Crippen molar-refractivity contribution in [3.8, 4) is 22.9 Å². The number of nitrogens with two attached hydrogens (primary N) is 1. The summed E-state index contributed by atoms with van der Waals surface area (Å²) in [6.07, 6.45) is 0. The predicted molar refractivity (Wildman–Crippen MR) is 199 cm³/mol. The summed E-state index contributed by atoms with van der Waals surface area (Å²) >= 11 is 0. The molecular weight excluding hydrogens is 884 g/mol. The fourth-order valence-corrected chi connectivity index (χ4v) is 6.00. The number of nitrogens with one attached hydrogen (secondary N) is 2. The van der Waals surface area contributed by atoms with Gasteiger partial charge in [0, 0.05) is 47.7 Å². The zero-order valence-electron chi connectivity index (χ0n) is 31.1. The molecule has 0 saturated heterocycles. The molecule has 0 aliphatic rings. The Hall–Kier alpha value is -6.15. The molecule has 28 heteroatoms. The number of phenols is 1. The number of hydrogen-bond acceptors (Lipinski definition) is 16. The molecule has 0 fully saturated rings. The van der Waals surface area contributed by atoms with E-state index in [1.807, 2.05) is 0 Å². The Bertz CT molecular complexity index is 2830. The van der Waals surface area contributed by atoms with Gasteiger partial charge >= 0.3 is 39.6 Å². The minimum Gasteiger partial charge on any atom is -0.871 e. The summed E-state index contributed by atoms with van der Waals surface area (Å²) in [5, 5.41) is 72.3. The predicted octanol–water partition coefficient (Wildman–Crippen LogP) is -0.0461. The van der Waals surface area contributed by atoms with E-state index in [9.17, 15) is 56.9 Å². The maximum Gasteiger partial charge on any atom is 1.00 e. The average Bonchev–Trinajstić information content (AvgIpc) is 3.61. The molecule has 0 unspecified atom stereocenters. The van der Waals surface area contributed by atoms with Crippen molar-refractivity contribution >= 4 is 54.2 Å². The molecule has 0 atom stereocenters. The topological polar surface area (TPSA) is 377 Å². The minimum atomic E-state index is -4.04. The first kappa shape index (κ1) is 48.2. The van der Waals surface area contributed by atoms with Gasteiger partial charge in [0.1, 0.15) is 16.3 Å². The number of nitro groups is 2. The molecule has 0 saturated carbocycles. The summed E-state index contributed by atoms with van der Waals surface area (Å²) < 4.78 is 47.5. The maximum atomic E-state index is 12.6. The third-order valence-electron chi connectivity index (χ3n) is 7.76. The zero-order chi connectivity index (χ0) is 42.7. The number of aromatic hydroxyl groups is 1. The van der Waals surface area contributed by atoms with Gasteiger partial charge in [-0.25, -0.2) is 28.1 Å². The molecule has 0 bridgehead atoms. The second-order valence-corrected chi connectivity index (χ2v) is 15.1. The normalized spacial score (nSPS) is 11.4. The van der Waals surface area contributed by atoms with Gasteiger partial charge in [-0.1, -0.05) is 17.9 Å². The van der Waals surface area contributed by atoms with Crippen molar-refractivity contribution in [1.29, 1.82) is 0 Å². The summed E-state index contributed by atoms with van der Waals surface area (Å²) in [7, 11) is -7.79. The summed E-state index contributed by atoms with van der Waals surface area (Å²) in [6.45, 7) is 3.09. The summed E-state index contributed by atoms with van der Waals surface area (Å²) in [4.78, 5) is 45.3. The fraction of sp³-hybridized carbons (Fsp3) is 0.0625. The number of quaternary nitrogens is 1. The molecule has 2 heterocycles. The Balaban J connectivity index is 0.000000310. The average molecular weight is 912 g/mol. The first-order chi connectivity index (χ1) is 27.1. The molecular formula is C32H28CrN12NaO12S2+. The van der Waals surface area contributed by atoms with E-state index in [2.05, 4.69) is 35.8 Å². The number of H-pyrrole nitrogens is 2. The van der Waals surface area contributed by atoms with Gasteiger partial charge in [-0.05, 0) is 56.3 Å². The van der Waals surface area contributed by atoms with Crippen LogP contribution in [0.1, 0.15) is 11.4 Å². The molecule has 4 aromatic carbocycles. The smallest absolute Gasteiger partial charge is 0.871 e. The molecule has 60 heavy (non-hydrogen) atoms. The monoisotopic (exact) mass is 911 g/mol. The van der Waals surface area contributed by atoms with Gasteiger partial charge < -0.3 is 10.2 Å². The molecule has 0 aliphatic heterocycles. The van der Waals surface area contributed by atoms with Gasteiger partial charge in [0.05, 0.1) is 43.2 Å². The zero-order valence-corrected chi connectivity index (χ0v) is 36.0. The van der Waals surface area contributed by atoms with Crippen molar-refractivity contribution in [2.45, 2.75) is 23.6 Å². The molecule has 8 N–H and O–H groups in total. The van der Waals surface area contributed by atoms with Crippen LogP contribution in [0.3, 0.4) is 0 Å². The summed E-state index contributed by atoms with van der Waals surface area (Å²) in [5.41, 5.74) is -0.984. The number of hydrogen-bond donors (Lipinski definition) is 5. The molecule has 2 aromatic heterocycles. The van der Waals surface area contributed by atoms with Crippen molar-refractivity contribution in [3.63, 3.8) is 0 Å². The SMILES string of the molecule is Cc1[nH]n(-c2cccc([N+](=O)[O-])c2)c(=O)c1N=Nc1ccc(S(N)(=O)=O)cc1[O-].Cc1[nH]n(-c2cccc([N+](=O)[O-])c2)c(=O)c1N=Nc1ccc(S([NH3+])(=O)=O)cc1O.[Cr].[Na+]. The van der Waals surface area contributed by atoms with Crippen LogP contribution in [0.15, 0.2) is 125 Å². The number of aromatic amines is 2. The van der Waals surface area contributed by atoms with Crippen molar-refractivity contribution in [2.24, 2.45) is 25.6 Å². The van der Waals surface area contributed by atoms with Gasteiger partial charge in [-0.15, -0.1) is 15.3 Å². The van der Waals surface area contributed by atoms with Crippen LogP contribution in [-0.4, -0.2) is 51.3 Å². The van der Waals surface area contributed by atoms with Crippen molar-refractivity contribution in [1.82, 2.24) is 19.6 Å². The quantitative estimate of drug-likeness (QED) is 0.0523. The number of sulfonamides is 2. The second-order valence-electron chi connectivity index (χ2n) is 11.8. The van der Waals surface area contributed by atoms with Gasteiger partial charge in [0.15, 0.2) is 11.4 Å². The second kappa shape index (κ2) is 19.3. The summed E-state index contributed by atoms with van der Waals surface area (Å²) in [6, 6.07) is 17.3. The molecule has 0 radical (unpaired) electrons. The van der Waals surface area contributed by atoms with Crippen LogP contribution in [0.25, 0.3) is 11.4 Å². The number of aromatic nitrogens is 4. The molecule has 24 nitrogen and oxygen atoms in total. The van der Waals surface area contributed by atoms with Crippen LogP contribution in [-0.2, 0) is 37.4 Å². The van der Waals surface area contributed by atoms with Crippen LogP contribution in [0.4, 0.5) is 34.1 Å². The largest absolute Gasteiger partial charge is 1.00 e. The van der Waals surface area contributed by atoms with E-state index in [1.54, 1.807) is 6.92 Å². The van der Waals surface area contributed by atoms with Crippen molar-refractivity contribution in [2.75, 3.05) is 0 Å². The first-order valence-electron chi connectivity index (χ1n) is 15.9. The van der Waals surface area contributed by atoms with Crippen LogP contribution in [0.5, 0.6) is 11.5 Å². The van der Waals surface area contributed by atoms with E-state index in [1.165, 1.54) is 67.6 Å². The number of nitrogens with zero attached hydrogens (tertiary/aromatic N) is 8. The Morgan fingerprint density at radius 3 is 1.53 bits per heavy atom. The Morgan fingerprint density at radius 1 is 0.700 bits per heavy atom. The number of primary sulfonamides is 1. The van der Waals surface area contributed by atoms with Crippen LogP contribution in [0, 0.1) is 34.1 Å². The van der Waals surface area contributed by atoms with Gasteiger partial charge in [-0.2, -0.15) is 13.5 Å². The van der Waals surface area contributed by atoms with E-state index < -0.39 is 52.5 Å². The van der Waals surface area contributed by atoms with Crippen LogP contribution >= 0.6 is 0 Å². The molecule has 6 rings (SSSR count). The third kappa shape index (κ3) is 11.1. The Kier molecular flexibility index (Phi) is 15.5. The Morgan fingerprint density at radius 2 is 1.13 bits per heavy atom. The number of azo groups is 2. The van der Waals surface area contributed by atoms with Crippen LogP contribution < -0.4 is 56.1 Å². The molecule has 0 spiro atoms. The van der Waals surface area contributed by atoms with E-state index in [0.29, 0.717) is 11.4 Å². The molecule has 6 aromatic rings. The Labute approximate surface area is 369 Å². The van der Waals surface area contributed by atoms with Crippen molar-refractivity contribution in [3.05, 3.63) is 137 Å². The van der Waals surface area contributed by atoms with Crippen LogP contribution in [0.2, 0.25) is 0 Å². The molecule has 0 aliphatic carbocycles. The third-order valence-corrected chi connectivity index (χ3v) is 9.64. The number of rotatable bonds is 10. The molecule has 0 amide bonds.